The highest BCUT2D eigenvalue weighted by Gasteiger charge is 2.16. The highest BCUT2D eigenvalue weighted by atomic mass is 35.5. The van der Waals surface area contributed by atoms with E-state index in [9.17, 15) is 4.79 Å². The maximum atomic E-state index is 11.3. The molecule has 0 bridgehead atoms. The van der Waals surface area contributed by atoms with Crippen molar-refractivity contribution < 1.29 is 9.53 Å². The molecule has 0 aromatic heterocycles. The van der Waals surface area contributed by atoms with Crippen LogP contribution >= 0.6 is 23.4 Å². The first-order valence-corrected chi connectivity index (χ1v) is 10.8. The molecule has 0 saturated carbocycles. The second-order valence-corrected chi connectivity index (χ2v) is 6.88. The molecular weight excluding hydrogens is 402 g/mol. The number of carbonyl (C=O) groups is 1. The summed E-state index contributed by atoms with van der Waals surface area (Å²) < 4.78 is 5.01. The third-order valence-corrected chi connectivity index (χ3v) is 4.70. The summed E-state index contributed by atoms with van der Waals surface area (Å²) >= 11 is 7.36. The van der Waals surface area contributed by atoms with Crippen LogP contribution in [0.3, 0.4) is 0 Å². The molecule has 0 spiro atoms. The van der Waals surface area contributed by atoms with E-state index in [1.165, 1.54) is 0 Å². The average Bonchev–Trinajstić information content (AvgIpc) is 3.07. The first-order valence-electron chi connectivity index (χ1n) is 9.48. The van der Waals surface area contributed by atoms with Gasteiger partial charge < -0.3 is 10.1 Å². The molecule has 2 aromatic carbocycles. The molecule has 0 atom stereocenters. The second-order valence-electron chi connectivity index (χ2n) is 5.42. The van der Waals surface area contributed by atoms with Gasteiger partial charge in [0.1, 0.15) is 5.76 Å². The van der Waals surface area contributed by atoms with Gasteiger partial charge >= 0.3 is 0 Å². The Labute approximate surface area is 183 Å². The van der Waals surface area contributed by atoms with Crippen molar-refractivity contribution in [3.63, 3.8) is 0 Å². The summed E-state index contributed by atoms with van der Waals surface area (Å²) in [5, 5.41) is 3.33. The van der Waals surface area contributed by atoms with E-state index in [-0.39, 0.29) is 5.91 Å². The van der Waals surface area contributed by atoms with Crippen LogP contribution in [-0.4, -0.2) is 18.9 Å². The molecular formula is C24H28ClNO2S. The molecule has 0 saturated heterocycles. The van der Waals surface area contributed by atoms with Gasteiger partial charge in [-0.3, -0.25) is 4.79 Å². The fraction of sp³-hybridized carbons (Fsp3) is 0.208. The molecule has 2 aromatic rings. The molecule has 1 aliphatic heterocycles. The molecule has 0 unspecified atom stereocenters. The van der Waals surface area contributed by atoms with Gasteiger partial charge in [-0.05, 0) is 36.8 Å². The average molecular weight is 430 g/mol. The number of methoxy groups -OCH3 is 1. The Balaban J connectivity index is 0.000000219. The van der Waals surface area contributed by atoms with Crippen LogP contribution in [0.25, 0.3) is 0 Å². The maximum absolute atomic E-state index is 11.3. The first-order chi connectivity index (χ1) is 14.2. The van der Waals surface area contributed by atoms with Crippen LogP contribution in [0.4, 0.5) is 0 Å². The molecule has 5 heteroatoms. The molecule has 2 aliphatic rings. The summed E-state index contributed by atoms with van der Waals surface area (Å²) in [7, 11) is 1.68. The van der Waals surface area contributed by atoms with Gasteiger partial charge in [0.15, 0.2) is 0 Å². The fourth-order valence-corrected chi connectivity index (χ4v) is 3.18. The minimum absolute atomic E-state index is 0.0359. The summed E-state index contributed by atoms with van der Waals surface area (Å²) in [4.78, 5) is 12.3. The van der Waals surface area contributed by atoms with Crippen molar-refractivity contribution in [1.29, 1.82) is 0 Å². The van der Waals surface area contributed by atoms with E-state index in [4.69, 9.17) is 16.3 Å². The molecule has 1 amide bonds. The lowest BCUT2D eigenvalue weighted by Crippen LogP contribution is -2.27. The number of thioether (sulfide) groups is 1. The van der Waals surface area contributed by atoms with E-state index in [1.54, 1.807) is 31.0 Å². The van der Waals surface area contributed by atoms with Crippen LogP contribution in [0.5, 0.6) is 0 Å². The molecule has 0 radical (unpaired) electrons. The normalized spacial score (nSPS) is 13.4. The Morgan fingerprint density at radius 1 is 1.03 bits per heavy atom. The van der Waals surface area contributed by atoms with E-state index < -0.39 is 0 Å². The summed E-state index contributed by atoms with van der Waals surface area (Å²) in [6.07, 6.45) is 11.0. The van der Waals surface area contributed by atoms with E-state index >= 15 is 0 Å². The SMILES string of the molecule is CC.COC1=CCC=CC=C1.O=C1NCSc2ccc(Cl)cc21.c1ccccc1. The fourth-order valence-electron chi connectivity index (χ4n) is 2.18. The van der Waals surface area contributed by atoms with E-state index in [1.807, 2.05) is 80.6 Å². The van der Waals surface area contributed by atoms with Gasteiger partial charge in [-0.1, -0.05) is 80.1 Å². The van der Waals surface area contributed by atoms with E-state index in [0.717, 1.165) is 17.1 Å². The number of fused-ring (bicyclic) bond motifs is 1. The number of halogens is 1. The summed E-state index contributed by atoms with van der Waals surface area (Å²) in [6.45, 7) is 4.00. The van der Waals surface area contributed by atoms with Crippen LogP contribution in [0.15, 0.2) is 95.6 Å². The summed E-state index contributed by atoms with van der Waals surface area (Å²) in [5.41, 5.74) is 0.679. The summed E-state index contributed by atoms with van der Waals surface area (Å²) in [6, 6.07) is 17.4. The van der Waals surface area contributed by atoms with Crippen molar-refractivity contribution >= 4 is 29.3 Å². The number of carbonyl (C=O) groups excluding carboxylic acids is 1. The van der Waals surface area contributed by atoms with E-state index in [0.29, 0.717) is 16.5 Å². The largest absolute Gasteiger partial charge is 0.497 e. The molecule has 4 rings (SSSR count). The molecule has 3 nitrogen and oxygen atoms in total. The Kier molecular flexibility index (Phi) is 13.1. The van der Waals surface area contributed by atoms with Gasteiger partial charge in [0, 0.05) is 9.92 Å². The Morgan fingerprint density at radius 2 is 1.69 bits per heavy atom. The van der Waals surface area contributed by atoms with Crippen LogP contribution in [0, 0.1) is 0 Å². The zero-order valence-corrected chi connectivity index (χ0v) is 18.7. The van der Waals surface area contributed by atoms with Crippen LogP contribution in [0.2, 0.25) is 5.02 Å². The highest BCUT2D eigenvalue weighted by Crippen LogP contribution is 2.27. The Bertz CT molecular complexity index is 790. The predicted molar refractivity (Wildman–Crippen MR) is 125 cm³/mol. The van der Waals surface area contributed by atoms with E-state index in [2.05, 4.69) is 11.4 Å². The molecule has 0 fully saturated rings. The topological polar surface area (TPSA) is 38.3 Å². The number of amides is 1. The van der Waals surface area contributed by atoms with Crippen LogP contribution in [0.1, 0.15) is 30.6 Å². The molecule has 1 N–H and O–H groups in total. The van der Waals surface area contributed by atoms with Crippen molar-refractivity contribution in [2.75, 3.05) is 13.0 Å². The maximum Gasteiger partial charge on any atom is 0.253 e. The Hall–Kier alpha value is -2.43. The number of ether oxygens (including phenoxy) is 1. The smallest absolute Gasteiger partial charge is 0.253 e. The minimum atomic E-state index is -0.0359. The number of nitrogens with one attached hydrogen (secondary N) is 1. The third-order valence-electron chi connectivity index (χ3n) is 3.51. The standard InChI is InChI=1S/C8H6ClNOS.C8H10O.C6H6.C2H6/c9-5-1-2-7-6(3-5)8(11)10-4-12-7;1-9-8-6-4-2-3-5-7-8;1-2-4-6-5-3-1;1-2/h1-3H,4H2,(H,10,11);2-4,6-7H,5H2,1H3;1-6H;1-2H3. The van der Waals surface area contributed by atoms with Crippen LogP contribution < -0.4 is 5.32 Å². The quantitative estimate of drug-likeness (QED) is 0.536. The van der Waals surface area contributed by atoms with Gasteiger partial charge in [0.2, 0.25) is 0 Å². The lowest BCUT2D eigenvalue weighted by Gasteiger charge is -2.15. The van der Waals surface area contributed by atoms with Crippen molar-refractivity contribution in [2.24, 2.45) is 0 Å². The minimum Gasteiger partial charge on any atom is -0.497 e. The van der Waals surface area contributed by atoms with Crippen LogP contribution in [-0.2, 0) is 4.74 Å². The molecule has 29 heavy (non-hydrogen) atoms. The summed E-state index contributed by atoms with van der Waals surface area (Å²) in [5.74, 6) is 1.55. The predicted octanol–water partition coefficient (Wildman–Crippen LogP) is 6.88. The monoisotopic (exact) mass is 429 g/mol. The number of rotatable bonds is 1. The molecule has 1 aliphatic carbocycles. The van der Waals surface area contributed by atoms with Gasteiger partial charge in [0.25, 0.3) is 5.91 Å². The van der Waals surface area contributed by atoms with Gasteiger partial charge in [-0.2, -0.15) is 0 Å². The number of benzene rings is 2. The zero-order valence-electron chi connectivity index (χ0n) is 17.1. The van der Waals surface area contributed by atoms with Gasteiger partial charge in [-0.15, -0.1) is 11.8 Å². The third kappa shape index (κ3) is 10.1. The highest BCUT2D eigenvalue weighted by molar-refractivity contribution is 7.99. The second kappa shape index (κ2) is 15.5. The lowest BCUT2D eigenvalue weighted by molar-refractivity contribution is 0.0955. The lowest BCUT2D eigenvalue weighted by atomic mass is 10.2. The molecule has 154 valence electrons. The van der Waals surface area contributed by atoms with Crippen molar-refractivity contribution in [1.82, 2.24) is 5.32 Å². The van der Waals surface area contributed by atoms with Gasteiger partial charge in [-0.25, -0.2) is 0 Å². The van der Waals surface area contributed by atoms with Crippen molar-refractivity contribution in [2.45, 2.75) is 25.2 Å². The van der Waals surface area contributed by atoms with Crippen molar-refractivity contribution in [3.05, 3.63) is 101 Å². The first kappa shape index (κ1) is 24.6. The number of allylic oxidation sites excluding steroid dienone is 5. The number of hydrogen-bond donors (Lipinski definition) is 1. The van der Waals surface area contributed by atoms with Gasteiger partial charge in [0.05, 0.1) is 18.6 Å². The molecule has 1 heterocycles. The zero-order chi connectivity index (χ0) is 21.3. The van der Waals surface area contributed by atoms with Crippen molar-refractivity contribution in [3.8, 4) is 0 Å². The number of hydrogen-bond acceptors (Lipinski definition) is 3. The Morgan fingerprint density at radius 3 is 2.31 bits per heavy atom.